The lowest BCUT2D eigenvalue weighted by atomic mass is 9.67. The molecule has 3 aliphatic rings. The monoisotopic (exact) mass is 1650 g/mol. The van der Waals surface area contributed by atoms with E-state index in [0.717, 1.165) is 44.2 Å². The van der Waals surface area contributed by atoms with Gasteiger partial charge in [-0.25, -0.2) is 0 Å². The molecule has 6 nitrogen and oxygen atoms in total. The maximum Gasteiger partial charge on any atom is 0.0963 e. The summed E-state index contributed by atoms with van der Waals surface area (Å²) in [5.74, 6) is 0. The molecule has 28 rings (SSSR count). The van der Waals surface area contributed by atoms with Crippen molar-refractivity contribution in [2.45, 2.75) is 16.2 Å². The van der Waals surface area contributed by atoms with Gasteiger partial charge in [0, 0.05) is 51.2 Å². The Labute approximate surface area is 751 Å². The molecule has 6 heterocycles. The van der Waals surface area contributed by atoms with E-state index in [1.54, 1.807) is 0 Å². The van der Waals surface area contributed by atoms with Crippen molar-refractivity contribution in [3.05, 3.63) is 552 Å². The van der Waals surface area contributed by atoms with Gasteiger partial charge in [-0.1, -0.05) is 370 Å². The van der Waals surface area contributed by atoms with E-state index in [0.29, 0.717) is 0 Å². The summed E-state index contributed by atoms with van der Waals surface area (Å²) in [4.78, 5) is 15.0. The molecule has 0 saturated heterocycles. The molecule has 0 N–H and O–H groups in total. The number of benzene rings is 19. The van der Waals surface area contributed by atoms with Crippen LogP contribution < -0.4 is 0 Å². The molecule has 0 saturated carbocycles. The van der Waals surface area contributed by atoms with Crippen molar-refractivity contribution in [1.29, 1.82) is 0 Å². The maximum atomic E-state index is 5.04. The fourth-order valence-corrected chi connectivity index (χ4v) is 23.0. The smallest absolute Gasteiger partial charge is 0.0963 e. The number of hydrogen-bond donors (Lipinski definition) is 0. The zero-order valence-electron chi connectivity index (χ0n) is 70.9. The van der Waals surface area contributed by atoms with Gasteiger partial charge in [-0.2, -0.15) is 0 Å². The van der Waals surface area contributed by atoms with Gasteiger partial charge in [0.1, 0.15) is 0 Å². The van der Waals surface area contributed by atoms with Gasteiger partial charge in [-0.15, -0.1) is 0 Å². The third-order valence-corrected chi connectivity index (χ3v) is 28.3. The Morgan fingerprint density at radius 1 is 0.162 bits per heavy atom. The molecular weight excluding hydrogens is 1570 g/mol. The van der Waals surface area contributed by atoms with E-state index in [4.69, 9.17) is 15.0 Å². The molecule has 0 atom stereocenters. The Balaban J connectivity index is 0.000000103. The van der Waals surface area contributed by atoms with Gasteiger partial charge in [-0.05, 0) is 230 Å². The molecule has 606 valence electrons. The Hall–Kier alpha value is -16.9. The van der Waals surface area contributed by atoms with Crippen molar-refractivity contribution in [2.24, 2.45) is 0 Å². The Bertz CT molecular complexity index is 8730. The van der Waals surface area contributed by atoms with E-state index in [2.05, 4.69) is 469 Å². The summed E-state index contributed by atoms with van der Waals surface area (Å²) < 4.78 is 7.24. The molecule has 130 heavy (non-hydrogen) atoms. The first kappa shape index (κ1) is 74.5. The number of aromatic nitrogens is 6. The second-order valence-electron chi connectivity index (χ2n) is 34.6. The molecule has 0 fully saturated rings. The van der Waals surface area contributed by atoms with Crippen molar-refractivity contribution in [1.82, 2.24) is 28.7 Å². The normalized spacial score (nSPS) is 13.4. The summed E-state index contributed by atoms with van der Waals surface area (Å²) in [5.41, 5.74) is 35.2. The topological polar surface area (TPSA) is 53.5 Å². The molecule has 0 bridgehead atoms. The lowest BCUT2D eigenvalue weighted by Crippen LogP contribution is -2.28. The predicted molar refractivity (Wildman–Crippen MR) is 538 cm³/mol. The van der Waals surface area contributed by atoms with Crippen molar-refractivity contribution in [3.63, 3.8) is 0 Å². The van der Waals surface area contributed by atoms with Crippen LogP contribution in [0.3, 0.4) is 0 Å². The largest absolute Gasteiger partial charge is 0.308 e. The zero-order chi connectivity index (χ0) is 85.6. The van der Waals surface area contributed by atoms with Gasteiger partial charge < -0.3 is 13.7 Å². The van der Waals surface area contributed by atoms with Crippen LogP contribution in [0.5, 0.6) is 0 Å². The van der Waals surface area contributed by atoms with E-state index < -0.39 is 16.2 Å². The Kier molecular flexibility index (Phi) is 17.0. The van der Waals surface area contributed by atoms with Crippen molar-refractivity contribution in [3.8, 4) is 50.4 Å². The molecule has 0 amide bonds. The second kappa shape index (κ2) is 29.6. The van der Waals surface area contributed by atoms with E-state index >= 15 is 0 Å². The van der Waals surface area contributed by atoms with E-state index in [-0.39, 0.29) is 0 Å². The van der Waals surface area contributed by atoms with Crippen LogP contribution in [0.2, 0.25) is 0 Å². The summed E-state index contributed by atoms with van der Waals surface area (Å²) in [6.07, 6.45) is 5.75. The third-order valence-electron chi connectivity index (χ3n) is 28.3. The molecular formula is C124H80N6. The molecule has 6 aromatic heterocycles. The SMILES string of the molecule is c1ccc(C2(c3ccccc3)c3ccccc3-c3cc4c(cc32)c2ncccc2n4-c2cc3ccccc3c3ccccc23)cc1.c1ccc(C2(c3ccccc3)c3ccccc3-c3cc4c(cc32)c2ncccc2n4-c2ccc3ccccc3c2)cc1.c1ccc(C2(c3ccccc3)c3ccccc3-c3cc4c(cc32)c2ncccc2n4-c2cccc3ccccc23)cc1. The highest BCUT2D eigenvalue weighted by molar-refractivity contribution is 6.17. The number of rotatable bonds is 9. The van der Waals surface area contributed by atoms with Crippen molar-refractivity contribution in [2.75, 3.05) is 0 Å². The average molecular weight is 1650 g/mol. The highest BCUT2D eigenvalue weighted by atomic mass is 15.0. The summed E-state index contributed by atoms with van der Waals surface area (Å²) in [6, 6.07) is 170. The first-order valence-electron chi connectivity index (χ1n) is 44.9. The van der Waals surface area contributed by atoms with Gasteiger partial charge >= 0.3 is 0 Å². The molecule has 0 spiro atoms. The highest BCUT2D eigenvalue weighted by Crippen LogP contribution is 2.62. The number of pyridine rings is 3. The van der Waals surface area contributed by atoms with Gasteiger partial charge in [-0.3, -0.25) is 15.0 Å². The van der Waals surface area contributed by atoms with E-state index in [1.807, 2.05) is 30.7 Å². The van der Waals surface area contributed by atoms with E-state index in [9.17, 15) is 0 Å². The quantitative estimate of drug-likeness (QED) is 0.135. The maximum absolute atomic E-state index is 5.04. The van der Waals surface area contributed by atoms with Crippen molar-refractivity contribution < 1.29 is 0 Å². The minimum Gasteiger partial charge on any atom is -0.308 e. The first-order chi connectivity index (χ1) is 64.5. The molecule has 6 heteroatoms. The van der Waals surface area contributed by atoms with Crippen LogP contribution in [0.1, 0.15) is 66.8 Å². The molecule has 0 radical (unpaired) electrons. The van der Waals surface area contributed by atoms with Crippen LogP contribution >= 0.6 is 0 Å². The number of fused-ring (bicyclic) bond motifs is 23. The lowest BCUT2D eigenvalue weighted by Gasteiger charge is -2.33. The van der Waals surface area contributed by atoms with Gasteiger partial charge in [0.25, 0.3) is 0 Å². The fraction of sp³-hybridized carbons (Fsp3) is 0.0242. The first-order valence-corrected chi connectivity index (χ1v) is 44.9. The van der Waals surface area contributed by atoms with Crippen LogP contribution in [-0.2, 0) is 16.2 Å². The van der Waals surface area contributed by atoms with Crippen LogP contribution in [-0.4, -0.2) is 28.7 Å². The van der Waals surface area contributed by atoms with Crippen LogP contribution in [0.15, 0.2) is 486 Å². The fourth-order valence-electron chi connectivity index (χ4n) is 23.0. The highest BCUT2D eigenvalue weighted by Gasteiger charge is 2.50. The van der Waals surface area contributed by atoms with Crippen LogP contribution in [0, 0.1) is 0 Å². The van der Waals surface area contributed by atoms with Crippen LogP contribution in [0.4, 0.5) is 0 Å². The second-order valence-corrected chi connectivity index (χ2v) is 34.6. The minimum atomic E-state index is -0.457. The number of hydrogen-bond acceptors (Lipinski definition) is 3. The minimum absolute atomic E-state index is 0.436. The lowest BCUT2D eigenvalue weighted by molar-refractivity contribution is 0.769. The number of nitrogens with zero attached hydrogens (tertiary/aromatic N) is 6. The summed E-state index contributed by atoms with van der Waals surface area (Å²) in [6.45, 7) is 0. The summed E-state index contributed by atoms with van der Waals surface area (Å²) in [7, 11) is 0. The standard InChI is InChI=1S/C44H28N2.2C40H26N2/c1-3-15-30(16-4-1)44(31-17-5-2-6-18-31)38-23-12-11-21-34(38)36-28-42-37(27-39(36)44)43-40(24-13-25-45-43)46(42)41-26-29-14-7-8-19-32(29)33-20-9-10-22-35(33)41;1-3-15-28(16-4-1)40(29-17-5-2-6-18-29)34-21-10-9-20-31(34)32-26-38-33(25-35(32)40)39-37(23-12-24-41-39)42(38)36-22-11-14-27-13-7-8-19-30(27)36;1-3-14-29(15-4-1)40(30-16-5-2-6-17-30)35-19-10-9-18-32(35)33-26-38-34(25-36(33)40)39-37(20-11-23-41-39)42(38)31-22-21-27-12-7-8-13-28(27)24-31/h1-28H;2*1-26H. The van der Waals surface area contributed by atoms with Gasteiger partial charge in [0.15, 0.2) is 0 Å². The predicted octanol–water partition coefficient (Wildman–Crippen LogP) is 30.2. The molecule has 0 unspecified atom stereocenters. The Morgan fingerprint density at radius 2 is 0.485 bits per heavy atom. The molecule has 25 aromatic rings. The average Bonchev–Trinajstić information content (AvgIpc) is 1.54. The third kappa shape index (κ3) is 10.9. The summed E-state index contributed by atoms with van der Waals surface area (Å²) in [5, 5.41) is 13.4. The molecule has 0 aliphatic heterocycles. The zero-order valence-corrected chi connectivity index (χ0v) is 70.9. The summed E-state index contributed by atoms with van der Waals surface area (Å²) >= 11 is 0. The Morgan fingerprint density at radius 3 is 0.915 bits per heavy atom. The van der Waals surface area contributed by atoms with Gasteiger partial charge in [0.2, 0.25) is 0 Å². The van der Waals surface area contributed by atoms with Crippen LogP contribution in [0.25, 0.3) is 159 Å². The van der Waals surface area contributed by atoms with Gasteiger partial charge in [0.05, 0.1) is 77.3 Å². The van der Waals surface area contributed by atoms with Crippen molar-refractivity contribution >= 4 is 109 Å². The molecule has 3 aliphatic carbocycles. The van der Waals surface area contributed by atoms with E-state index in [1.165, 1.54) is 182 Å². The molecule has 19 aromatic carbocycles.